The lowest BCUT2D eigenvalue weighted by Crippen LogP contribution is -2.36. The van der Waals surface area contributed by atoms with Crippen molar-refractivity contribution in [1.29, 1.82) is 0 Å². The fourth-order valence-corrected chi connectivity index (χ4v) is 7.15. The molecule has 3 aliphatic rings. The number of nitrogens with zero attached hydrogens (tertiary/aromatic N) is 5. The number of nitrogens with one attached hydrogen (secondary N) is 1. The molecule has 2 saturated carbocycles. The van der Waals surface area contributed by atoms with Crippen LogP contribution in [0.4, 0.5) is 11.8 Å². The smallest absolute Gasteiger partial charge is 0.229 e. The van der Waals surface area contributed by atoms with Crippen molar-refractivity contribution >= 4 is 44.5 Å². The number of anilines is 2. The van der Waals surface area contributed by atoms with E-state index in [1.165, 1.54) is 30.4 Å². The van der Waals surface area contributed by atoms with Crippen LogP contribution in [-0.4, -0.2) is 64.6 Å². The summed E-state index contributed by atoms with van der Waals surface area (Å²) in [6.07, 6.45) is 11.6. The van der Waals surface area contributed by atoms with Crippen LogP contribution in [-0.2, 0) is 9.84 Å². The third kappa shape index (κ3) is 5.11. The number of thiophene rings is 1. The molecule has 1 N–H and O–H groups in total. The Kier molecular flexibility index (Phi) is 6.22. The van der Waals surface area contributed by atoms with Crippen molar-refractivity contribution < 1.29 is 13.2 Å². The molecular formula is C24H29ClN6O3S2. The monoisotopic (exact) mass is 548 g/mol. The zero-order valence-electron chi connectivity index (χ0n) is 20.3. The van der Waals surface area contributed by atoms with Gasteiger partial charge in [-0.3, -0.25) is 4.68 Å². The SMILES string of the molecule is Cc1cnc(Nc2nn(C3CCN(C4CC4)CC3)cc2Cl)nc1-c1cc(S(C)(=O)=O)c(OC2CC2)s1. The van der Waals surface area contributed by atoms with Crippen LogP contribution in [0.15, 0.2) is 23.4 Å². The number of aromatic nitrogens is 4. The minimum Gasteiger partial charge on any atom is -0.480 e. The third-order valence-corrected chi connectivity index (χ3v) is 9.46. The summed E-state index contributed by atoms with van der Waals surface area (Å²) in [5, 5.41) is 8.81. The maximum absolute atomic E-state index is 12.4. The van der Waals surface area contributed by atoms with Gasteiger partial charge in [0.2, 0.25) is 5.95 Å². The van der Waals surface area contributed by atoms with Crippen molar-refractivity contribution in [2.75, 3.05) is 24.7 Å². The number of hydrogen-bond donors (Lipinski definition) is 1. The van der Waals surface area contributed by atoms with E-state index in [-0.39, 0.29) is 11.0 Å². The highest BCUT2D eigenvalue weighted by Gasteiger charge is 2.33. The van der Waals surface area contributed by atoms with Gasteiger partial charge in [0.25, 0.3) is 0 Å². The first-order chi connectivity index (χ1) is 17.2. The van der Waals surface area contributed by atoms with Gasteiger partial charge < -0.3 is 15.0 Å². The number of halogens is 1. The summed E-state index contributed by atoms with van der Waals surface area (Å²) in [5.74, 6) is 0.863. The highest BCUT2D eigenvalue weighted by Crippen LogP contribution is 2.43. The van der Waals surface area contributed by atoms with E-state index in [2.05, 4.69) is 15.2 Å². The molecule has 0 bridgehead atoms. The second-order valence-electron chi connectivity index (χ2n) is 10.0. The van der Waals surface area contributed by atoms with Crippen LogP contribution in [0.1, 0.15) is 50.1 Å². The number of likely N-dealkylation sites (tertiary alicyclic amines) is 1. The number of piperidine rings is 1. The third-order valence-electron chi connectivity index (χ3n) is 6.92. The lowest BCUT2D eigenvalue weighted by molar-refractivity contribution is 0.172. The van der Waals surface area contributed by atoms with Crippen LogP contribution in [0, 0.1) is 6.92 Å². The van der Waals surface area contributed by atoms with Crippen molar-refractivity contribution in [2.24, 2.45) is 0 Å². The average Bonchev–Trinajstić information content (AvgIpc) is 3.76. The number of sulfone groups is 1. The predicted molar refractivity (Wildman–Crippen MR) is 140 cm³/mol. The Labute approximate surface area is 219 Å². The van der Waals surface area contributed by atoms with E-state index in [4.69, 9.17) is 26.4 Å². The Morgan fingerprint density at radius 2 is 1.89 bits per heavy atom. The summed E-state index contributed by atoms with van der Waals surface area (Å²) in [5.41, 5.74) is 1.48. The van der Waals surface area contributed by atoms with Gasteiger partial charge in [-0.05, 0) is 57.1 Å². The first-order valence-electron chi connectivity index (χ1n) is 12.3. The van der Waals surface area contributed by atoms with Crippen LogP contribution in [0.5, 0.6) is 5.06 Å². The lowest BCUT2D eigenvalue weighted by atomic mass is 10.1. The molecule has 12 heteroatoms. The molecule has 36 heavy (non-hydrogen) atoms. The van der Waals surface area contributed by atoms with Gasteiger partial charge in [0.1, 0.15) is 16.0 Å². The summed E-state index contributed by atoms with van der Waals surface area (Å²) in [4.78, 5) is 12.6. The van der Waals surface area contributed by atoms with E-state index in [0.29, 0.717) is 38.5 Å². The minimum absolute atomic E-state index is 0.0962. The van der Waals surface area contributed by atoms with Gasteiger partial charge in [0.15, 0.2) is 20.7 Å². The summed E-state index contributed by atoms with van der Waals surface area (Å²) in [7, 11) is -3.44. The molecule has 0 spiro atoms. The molecule has 1 saturated heterocycles. The zero-order chi connectivity index (χ0) is 25.0. The molecule has 0 aromatic carbocycles. The van der Waals surface area contributed by atoms with Gasteiger partial charge in [0.05, 0.1) is 16.6 Å². The Hall–Kier alpha value is -2.21. The van der Waals surface area contributed by atoms with E-state index in [9.17, 15) is 8.42 Å². The molecule has 1 aliphatic heterocycles. The van der Waals surface area contributed by atoms with Crippen LogP contribution in [0.2, 0.25) is 5.02 Å². The predicted octanol–water partition coefficient (Wildman–Crippen LogP) is 4.85. The van der Waals surface area contributed by atoms with Gasteiger partial charge in [-0.1, -0.05) is 22.9 Å². The van der Waals surface area contributed by atoms with Crippen LogP contribution >= 0.6 is 22.9 Å². The highest BCUT2D eigenvalue weighted by molar-refractivity contribution is 7.91. The van der Waals surface area contributed by atoms with Crippen LogP contribution < -0.4 is 10.1 Å². The number of rotatable bonds is 8. The van der Waals surface area contributed by atoms with E-state index < -0.39 is 9.84 Å². The highest BCUT2D eigenvalue weighted by atomic mass is 35.5. The second kappa shape index (κ2) is 9.27. The summed E-state index contributed by atoms with van der Waals surface area (Å²) < 4.78 is 32.6. The van der Waals surface area contributed by atoms with Crippen LogP contribution in [0.25, 0.3) is 10.6 Å². The van der Waals surface area contributed by atoms with Gasteiger partial charge >= 0.3 is 0 Å². The summed E-state index contributed by atoms with van der Waals surface area (Å²) >= 11 is 7.83. The largest absolute Gasteiger partial charge is 0.480 e. The number of hydrogen-bond acceptors (Lipinski definition) is 9. The molecule has 3 aromatic rings. The van der Waals surface area contributed by atoms with E-state index in [1.807, 2.05) is 17.8 Å². The standard InChI is InChI=1S/C24H29ClN6O3S2/c1-14-12-26-24(27-21(14)19-11-20(36(2,32)33)23(35-19)34-17-5-6-17)28-22-18(25)13-31(29-22)16-7-9-30(10-8-16)15-3-4-15/h11-13,15-17H,3-10H2,1-2H3,(H,26,27,28,29). The minimum atomic E-state index is -3.44. The van der Waals surface area contributed by atoms with Gasteiger partial charge in [-0.15, -0.1) is 0 Å². The van der Waals surface area contributed by atoms with Crippen molar-refractivity contribution in [3.05, 3.63) is 29.0 Å². The van der Waals surface area contributed by atoms with Crippen molar-refractivity contribution in [3.8, 4) is 15.6 Å². The second-order valence-corrected chi connectivity index (χ2v) is 13.4. The first kappa shape index (κ1) is 24.1. The fraction of sp³-hybridized carbons (Fsp3) is 0.542. The summed E-state index contributed by atoms with van der Waals surface area (Å²) in [6, 6.07) is 2.77. The zero-order valence-corrected chi connectivity index (χ0v) is 22.7. The molecule has 3 aromatic heterocycles. The molecule has 192 valence electrons. The number of aryl methyl sites for hydroxylation is 1. The maximum atomic E-state index is 12.4. The van der Waals surface area contributed by atoms with Gasteiger partial charge in [-0.2, -0.15) is 5.10 Å². The Bertz CT molecular complexity index is 1390. The molecule has 0 amide bonds. The van der Waals surface area contributed by atoms with Gasteiger partial charge in [-0.25, -0.2) is 18.4 Å². The Morgan fingerprint density at radius 3 is 2.56 bits per heavy atom. The molecule has 0 unspecified atom stereocenters. The Balaban J connectivity index is 1.22. The molecule has 4 heterocycles. The molecule has 0 atom stereocenters. The molecule has 3 fully saturated rings. The van der Waals surface area contributed by atoms with Crippen molar-refractivity contribution in [1.82, 2.24) is 24.6 Å². The fourth-order valence-electron chi connectivity index (χ4n) is 4.61. The normalized spacial score (nSPS) is 19.5. The quantitative estimate of drug-likeness (QED) is 0.426. The van der Waals surface area contributed by atoms with E-state index in [1.54, 1.807) is 12.3 Å². The van der Waals surface area contributed by atoms with E-state index >= 15 is 0 Å². The van der Waals surface area contributed by atoms with Crippen molar-refractivity contribution in [2.45, 2.75) is 68.5 Å². The maximum Gasteiger partial charge on any atom is 0.229 e. The molecule has 2 aliphatic carbocycles. The first-order valence-corrected chi connectivity index (χ1v) is 15.4. The summed E-state index contributed by atoms with van der Waals surface area (Å²) in [6.45, 7) is 4.10. The van der Waals surface area contributed by atoms with Crippen LogP contribution in [0.3, 0.4) is 0 Å². The Morgan fingerprint density at radius 1 is 1.14 bits per heavy atom. The van der Waals surface area contributed by atoms with Gasteiger partial charge in [0, 0.05) is 37.8 Å². The molecule has 6 rings (SSSR count). The molecule has 0 radical (unpaired) electrons. The lowest BCUT2D eigenvalue weighted by Gasteiger charge is -2.31. The average molecular weight is 549 g/mol. The topological polar surface area (TPSA) is 102 Å². The molecular weight excluding hydrogens is 520 g/mol. The van der Waals surface area contributed by atoms with Crippen molar-refractivity contribution in [3.63, 3.8) is 0 Å². The van der Waals surface area contributed by atoms with E-state index in [0.717, 1.165) is 50.4 Å². The number of ether oxygens (including phenoxy) is 1. The molecule has 9 nitrogen and oxygen atoms in total.